The van der Waals surface area contributed by atoms with Crippen LogP contribution in [-0.2, 0) is 14.3 Å². The van der Waals surface area contributed by atoms with Crippen molar-refractivity contribution in [2.45, 2.75) is 67.2 Å². The van der Waals surface area contributed by atoms with E-state index in [0.29, 0.717) is 17.8 Å². The van der Waals surface area contributed by atoms with Gasteiger partial charge in [-0.3, -0.25) is 9.59 Å². The van der Waals surface area contributed by atoms with Gasteiger partial charge in [0.2, 0.25) is 0 Å². The van der Waals surface area contributed by atoms with Crippen molar-refractivity contribution in [2.24, 2.45) is 29.1 Å². The largest absolute Gasteiger partial charge is 0.393 e. The highest BCUT2D eigenvalue weighted by atomic mass is 16.6. The smallest absolute Gasteiger partial charge is 0.317 e. The summed E-state index contributed by atoms with van der Waals surface area (Å²) in [4.78, 5) is 23.0. The maximum absolute atomic E-state index is 11.7. The van der Waals surface area contributed by atoms with Crippen molar-refractivity contribution >= 4 is 11.9 Å². The molecule has 1 fully saturated rings. The van der Waals surface area contributed by atoms with Crippen LogP contribution in [0.1, 0.15) is 67.2 Å². The molecule has 1 aliphatic rings. The summed E-state index contributed by atoms with van der Waals surface area (Å²) in [6.07, 6.45) is 3.22. The molecule has 1 heterocycles. The SMILES string of the molecule is CC(C)CC(C)(CC1CC(=O)OC1=O)CC(C)C(C)C. The lowest BCUT2D eigenvalue weighted by molar-refractivity contribution is -0.153. The van der Waals surface area contributed by atoms with Crippen molar-refractivity contribution in [3.63, 3.8) is 0 Å². The second kappa shape index (κ2) is 6.73. The van der Waals surface area contributed by atoms with E-state index in [2.05, 4.69) is 41.5 Å². The first-order valence-corrected chi connectivity index (χ1v) is 7.87. The second-order valence-electron chi connectivity index (χ2n) is 7.73. The van der Waals surface area contributed by atoms with E-state index in [4.69, 9.17) is 4.74 Å². The zero-order valence-electron chi connectivity index (χ0n) is 13.9. The minimum Gasteiger partial charge on any atom is -0.393 e. The van der Waals surface area contributed by atoms with Gasteiger partial charge in [0.05, 0.1) is 12.3 Å². The van der Waals surface area contributed by atoms with Crippen LogP contribution < -0.4 is 0 Å². The van der Waals surface area contributed by atoms with Crippen LogP contribution in [0.15, 0.2) is 0 Å². The lowest BCUT2D eigenvalue weighted by atomic mass is 9.68. The van der Waals surface area contributed by atoms with Gasteiger partial charge < -0.3 is 4.74 Å². The summed E-state index contributed by atoms with van der Waals surface area (Å²) >= 11 is 0. The average molecular weight is 282 g/mol. The summed E-state index contributed by atoms with van der Waals surface area (Å²) in [5, 5.41) is 0. The molecular weight excluding hydrogens is 252 g/mol. The van der Waals surface area contributed by atoms with Crippen molar-refractivity contribution in [3.05, 3.63) is 0 Å². The molecule has 0 bridgehead atoms. The van der Waals surface area contributed by atoms with Gasteiger partial charge >= 0.3 is 11.9 Å². The number of hydrogen-bond acceptors (Lipinski definition) is 3. The third-order valence-corrected chi connectivity index (χ3v) is 4.55. The maximum Gasteiger partial charge on any atom is 0.317 e. The fraction of sp³-hybridized carbons (Fsp3) is 0.882. The minimum atomic E-state index is -0.358. The average Bonchev–Trinajstić information content (AvgIpc) is 2.54. The molecule has 3 nitrogen and oxygen atoms in total. The summed E-state index contributed by atoms with van der Waals surface area (Å²) in [5.41, 5.74) is 0.103. The molecule has 20 heavy (non-hydrogen) atoms. The van der Waals surface area contributed by atoms with Crippen LogP contribution in [0.3, 0.4) is 0 Å². The number of carbonyl (C=O) groups is 2. The molecule has 0 aromatic heterocycles. The van der Waals surface area contributed by atoms with Gasteiger partial charge in [-0.1, -0.05) is 41.5 Å². The Morgan fingerprint density at radius 3 is 2.15 bits per heavy atom. The highest BCUT2D eigenvalue weighted by Gasteiger charge is 2.40. The summed E-state index contributed by atoms with van der Waals surface area (Å²) < 4.78 is 4.70. The zero-order valence-corrected chi connectivity index (χ0v) is 13.9. The third-order valence-electron chi connectivity index (χ3n) is 4.55. The van der Waals surface area contributed by atoms with Gasteiger partial charge in [0, 0.05) is 0 Å². The maximum atomic E-state index is 11.7. The standard InChI is InChI=1S/C17H30O3/c1-11(2)8-17(6,9-13(5)12(3)4)10-14-7-15(18)20-16(14)19/h11-14H,7-10H2,1-6H3. The Kier molecular flexibility index (Phi) is 5.79. The van der Waals surface area contributed by atoms with E-state index in [9.17, 15) is 9.59 Å². The van der Waals surface area contributed by atoms with Crippen LogP contribution in [0.4, 0.5) is 0 Å². The van der Waals surface area contributed by atoms with Crippen molar-refractivity contribution in [2.75, 3.05) is 0 Å². The Hall–Kier alpha value is -0.860. The molecule has 3 unspecified atom stereocenters. The van der Waals surface area contributed by atoms with Gasteiger partial charge in [0.25, 0.3) is 0 Å². The Labute approximate surface area is 123 Å². The number of carbonyl (C=O) groups excluding carboxylic acids is 2. The first kappa shape index (κ1) is 17.2. The number of hydrogen-bond donors (Lipinski definition) is 0. The minimum absolute atomic E-state index is 0.103. The number of rotatable bonds is 7. The lowest BCUT2D eigenvalue weighted by Crippen LogP contribution is -2.28. The summed E-state index contributed by atoms with van der Waals surface area (Å²) in [7, 11) is 0. The van der Waals surface area contributed by atoms with Crippen LogP contribution >= 0.6 is 0 Å². The van der Waals surface area contributed by atoms with Crippen molar-refractivity contribution in [1.82, 2.24) is 0 Å². The van der Waals surface area contributed by atoms with E-state index in [1.807, 2.05) is 0 Å². The van der Waals surface area contributed by atoms with E-state index >= 15 is 0 Å². The fourth-order valence-electron chi connectivity index (χ4n) is 3.52. The van der Waals surface area contributed by atoms with Gasteiger partial charge in [-0.25, -0.2) is 0 Å². The molecule has 0 aliphatic carbocycles. The lowest BCUT2D eigenvalue weighted by Gasteiger charge is -2.36. The molecular formula is C17H30O3. The van der Waals surface area contributed by atoms with Crippen LogP contribution in [0, 0.1) is 29.1 Å². The first-order valence-electron chi connectivity index (χ1n) is 7.87. The molecule has 0 radical (unpaired) electrons. The Bertz CT molecular complexity index is 359. The normalized spacial score (nSPS) is 24.1. The summed E-state index contributed by atoms with van der Waals surface area (Å²) in [6, 6.07) is 0. The molecule has 0 saturated carbocycles. The van der Waals surface area contributed by atoms with Gasteiger partial charge in [-0.2, -0.15) is 0 Å². The van der Waals surface area contributed by atoms with E-state index < -0.39 is 0 Å². The van der Waals surface area contributed by atoms with E-state index in [1.54, 1.807) is 0 Å². The van der Waals surface area contributed by atoms with Crippen LogP contribution in [-0.4, -0.2) is 11.9 Å². The van der Waals surface area contributed by atoms with Gasteiger partial charge in [0.15, 0.2) is 0 Å². The zero-order chi connectivity index (χ0) is 15.5. The van der Waals surface area contributed by atoms with Crippen molar-refractivity contribution in [3.8, 4) is 0 Å². The van der Waals surface area contributed by atoms with Gasteiger partial charge in [-0.15, -0.1) is 0 Å². The molecule has 1 aliphatic heterocycles. The van der Waals surface area contributed by atoms with Crippen LogP contribution in [0.2, 0.25) is 0 Å². The van der Waals surface area contributed by atoms with E-state index in [1.165, 1.54) is 0 Å². The van der Waals surface area contributed by atoms with Crippen LogP contribution in [0.5, 0.6) is 0 Å². The fourth-order valence-corrected chi connectivity index (χ4v) is 3.52. The molecule has 116 valence electrons. The molecule has 0 aromatic carbocycles. The predicted octanol–water partition coefficient (Wildman–Crippen LogP) is 4.20. The molecule has 0 spiro atoms. The number of cyclic esters (lactones) is 2. The highest BCUT2D eigenvalue weighted by molar-refractivity contribution is 5.94. The van der Waals surface area contributed by atoms with Crippen molar-refractivity contribution < 1.29 is 14.3 Å². The monoisotopic (exact) mass is 282 g/mol. The van der Waals surface area contributed by atoms with Crippen LogP contribution in [0.25, 0.3) is 0 Å². The van der Waals surface area contributed by atoms with Crippen molar-refractivity contribution in [1.29, 1.82) is 0 Å². The summed E-state index contributed by atoms with van der Waals surface area (Å²) in [5.74, 6) is 0.939. The first-order chi connectivity index (χ1) is 9.13. The topological polar surface area (TPSA) is 43.4 Å². The molecule has 0 N–H and O–H groups in total. The second-order valence-corrected chi connectivity index (χ2v) is 7.73. The van der Waals surface area contributed by atoms with E-state index in [-0.39, 0.29) is 29.7 Å². The number of ether oxygens (including phenoxy) is 1. The highest BCUT2D eigenvalue weighted by Crippen LogP contribution is 2.42. The van der Waals surface area contributed by atoms with Gasteiger partial charge in [-0.05, 0) is 42.4 Å². The van der Waals surface area contributed by atoms with Gasteiger partial charge in [0.1, 0.15) is 0 Å². The molecule has 1 saturated heterocycles. The summed E-state index contributed by atoms with van der Waals surface area (Å²) in [6.45, 7) is 13.5. The molecule has 0 aromatic rings. The van der Waals surface area contributed by atoms with E-state index in [0.717, 1.165) is 19.3 Å². The Morgan fingerprint density at radius 1 is 1.15 bits per heavy atom. The molecule has 3 atom stereocenters. The molecule has 3 heteroatoms. The molecule has 0 amide bonds. The molecule has 1 rings (SSSR count). The number of esters is 2. The predicted molar refractivity (Wildman–Crippen MR) is 80.0 cm³/mol. The Morgan fingerprint density at radius 2 is 1.75 bits per heavy atom. The Balaban J connectivity index is 2.77. The quantitative estimate of drug-likeness (QED) is 0.519. The third kappa shape index (κ3) is 4.92.